The normalized spacial score (nSPS) is 16.9. The molecule has 0 amide bonds. The van der Waals surface area contributed by atoms with E-state index in [2.05, 4.69) is 10.0 Å². The predicted molar refractivity (Wildman–Crippen MR) is 101 cm³/mol. The average molecular weight is 388 g/mol. The molecule has 0 unspecified atom stereocenters. The van der Waals surface area contributed by atoms with Gasteiger partial charge in [-0.2, -0.15) is 5.26 Å². The summed E-state index contributed by atoms with van der Waals surface area (Å²) in [5.74, 6) is -0.311. The van der Waals surface area contributed by atoms with E-state index in [0.717, 1.165) is 5.56 Å². The number of likely N-dealkylation sites (tertiary alicyclic amines) is 1. The smallest absolute Gasteiger partial charge is 0.241 e. The molecule has 3 rings (SSSR count). The van der Waals surface area contributed by atoms with Gasteiger partial charge in [-0.15, -0.1) is 0 Å². The Bertz CT molecular complexity index is 972. The van der Waals surface area contributed by atoms with Crippen LogP contribution in [0.1, 0.15) is 17.5 Å². The third kappa shape index (κ3) is 4.76. The van der Waals surface area contributed by atoms with Gasteiger partial charge < -0.3 is 10.2 Å². The van der Waals surface area contributed by atoms with Crippen molar-refractivity contribution in [2.75, 3.05) is 18.4 Å². The summed E-state index contributed by atoms with van der Waals surface area (Å²) < 4.78 is 41.5. The zero-order chi connectivity index (χ0) is 19.4. The monoisotopic (exact) mass is 388 g/mol. The Morgan fingerprint density at radius 3 is 2.81 bits per heavy atom. The van der Waals surface area contributed by atoms with Crippen LogP contribution in [-0.4, -0.2) is 32.4 Å². The predicted octanol–water partition coefficient (Wildman–Crippen LogP) is 2.58. The summed E-state index contributed by atoms with van der Waals surface area (Å²) in [6.45, 7) is 3.05. The number of anilines is 1. The molecule has 0 aliphatic carbocycles. The second-order valence-electron chi connectivity index (χ2n) is 6.62. The van der Waals surface area contributed by atoms with Gasteiger partial charge in [0, 0.05) is 31.4 Å². The first-order valence-electron chi connectivity index (χ1n) is 8.63. The van der Waals surface area contributed by atoms with Gasteiger partial charge >= 0.3 is 0 Å². The molecular weight excluding hydrogens is 367 g/mol. The number of nitrogens with zero attached hydrogens (tertiary/aromatic N) is 2. The van der Waals surface area contributed by atoms with E-state index in [-0.39, 0.29) is 16.8 Å². The van der Waals surface area contributed by atoms with Gasteiger partial charge in [-0.05, 0) is 48.7 Å². The molecule has 2 N–H and O–H groups in total. The van der Waals surface area contributed by atoms with Crippen LogP contribution >= 0.6 is 0 Å². The quantitative estimate of drug-likeness (QED) is 0.743. The average Bonchev–Trinajstić information content (AvgIpc) is 3.08. The van der Waals surface area contributed by atoms with E-state index in [1.54, 1.807) is 37.3 Å². The first-order valence-corrected chi connectivity index (χ1v) is 10.1. The number of rotatable bonds is 6. The lowest BCUT2D eigenvalue weighted by Gasteiger charge is -2.16. The summed E-state index contributed by atoms with van der Waals surface area (Å²) in [5, 5.41) is 12.0. The Morgan fingerprint density at radius 1 is 1.30 bits per heavy atom. The molecule has 27 heavy (non-hydrogen) atoms. The molecule has 2 aromatic rings. The van der Waals surface area contributed by atoms with Gasteiger partial charge in [0.05, 0.1) is 4.90 Å². The van der Waals surface area contributed by atoms with E-state index in [4.69, 9.17) is 5.26 Å². The number of aryl methyl sites for hydroxylation is 1. The van der Waals surface area contributed by atoms with Gasteiger partial charge in [0.15, 0.2) is 6.19 Å². The molecule has 0 radical (unpaired) electrons. The van der Waals surface area contributed by atoms with Crippen molar-refractivity contribution in [1.82, 2.24) is 9.62 Å². The van der Waals surface area contributed by atoms with E-state index in [0.29, 0.717) is 37.3 Å². The minimum atomic E-state index is -3.70. The number of hydrogen-bond donors (Lipinski definition) is 2. The van der Waals surface area contributed by atoms with Gasteiger partial charge in [0.2, 0.25) is 10.0 Å². The number of halogens is 1. The fraction of sp³-hybridized carbons (Fsp3) is 0.316. The molecule has 142 valence electrons. The van der Waals surface area contributed by atoms with Crippen molar-refractivity contribution in [2.45, 2.75) is 30.8 Å². The molecule has 6 nitrogen and oxygen atoms in total. The van der Waals surface area contributed by atoms with Crippen molar-refractivity contribution in [3.8, 4) is 6.19 Å². The highest BCUT2D eigenvalue weighted by molar-refractivity contribution is 7.89. The highest BCUT2D eigenvalue weighted by atomic mass is 32.2. The van der Waals surface area contributed by atoms with Crippen molar-refractivity contribution in [3.63, 3.8) is 0 Å². The van der Waals surface area contributed by atoms with Gasteiger partial charge in [0.1, 0.15) is 5.82 Å². The summed E-state index contributed by atoms with van der Waals surface area (Å²) in [6, 6.07) is 11.1. The van der Waals surface area contributed by atoms with Gasteiger partial charge in [-0.1, -0.05) is 18.2 Å². The molecule has 1 aliphatic heterocycles. The summed E-state index contributed by atoms with van der Waals surface area (Å²) in [6.07, 6.45) is 2.64. The SMILES string of the molecule is Cc1ccc(NCc2cccc(F)c2)cc1S(=O)(=O)N[C@@H]1CCN(C#N)C1. The topological polar surface area (TPSA) is 85.2 Å². The van der Waals surface area contributed by atoms with Crippen molar-refractivity contribution < 1.29 is 12.8 Å². The van der Waals surface area contributed by atoms with E-state index in [9.17, 15) is 12.8 Å². The first kappa shape index (κ1) is 19.1. The molecule has 1 aliphatic rings. The first-order chi connectivity index (χ1) is 12.9. The van der Waals surface area contributed by atoms with Crippen LogP contribution in [0.4, 0.5) is 10.1 Å². The molecule has 1 fully saturated rings. The molecular formula is C19H21FN4O2S. The van der Waals surface area contributed by atoms with Gasteiger partial charge in [0.25, 0.3) is 0 Å². The summed E-state index contributed by atoms with van der Waals surface area (Å²) in [7, 11) is -3.70. The number of hydrogen-bond acceptors (Lipinski definition) is 5. The Labute approximate surface area is 158 Å². The molecule has 0 spiro atoms. The van der Waals surface area contributed by atoms with Gasteiger partial charge in [-0.25, -0.2) is 17.5 Å². The van der Waals surface area contributed by atoms with E-state index in [1.807, 2.05) is 6.19 Å². The van der Waals surface area contributed by atoms with Crippen molar-refractivity contribution >= 4 is 15.7 Å². The van der Waals surface area contributed by atoms with Gasteiger partial charge in [-0.3, -0.25) is 0 Å². The Hall–Kier alpha value is -2.63. The maximum absolute atomic E-state index is 13.3. The molecule has 0 saturated carbocycles. The van der Waals surface area contributed by atoms with Crippen LogP contribution in [0, 0.1) is 24.2 Å². The molecule has 0 bridgehead atoms. The Morgan fingerprint density at radius 2 is 2.11 bits per heavy atom. The lowest BCUT2D eigenvalue weighted by atomic mass is 10.2. The zero-order valence-corrected chi connectivity index (χ0v) is 15.8. The molecule has 2 aromatic carbocycles. The highest BCUT2D eigenvalue weighted by Gasteiger charge is 2.27. The Kier molecular flexibility index (Phi) is 5.63. The second kappa shape index (κ2) is 7.94. The maximum Gasteiger partial charge on any atom is 0.241 e. The standard InChI is InChI=1S/C19H21FN4O2S/c1-14-5-6-17(22-11-15-3-2-4-16(20)9-15)10-19(14)27(25,26)23-18-7-8-24(12-18)13-21/h2-6,9-10,18,22-23H,7-8,11-12H2,1H3/t18-/m1/s1. The largest absolute Gasteiger partial charge is 0.381 e. The minimum Gasteiger partial charge on any atom is -0.381 e. The fourth-order valence-electron chi connectivity index (χ4n) is 3.08. The van der Waals surface area contributed by atoms with E-state index in [1.165, 1.54) is 17.0 Å². The fourth-order valence-corrected chi connectivity index (χ4v) is 4.61. The van der Waals surface area contributed by atoms with Crippen LogP contribution in [0.5, 0.6) is 0 Å². The van der Waals surface area contributed by atoms with E-state index >= 15 is 0 Å². The van der Waals surface area contributed by atoms with Crippen LogP contribution in [-0.2, 0) is 16.6 Å². The van der Waals surface area contributed by atoms with Crippen LogP contribution in [0.3, 0.4) is 0 Å². The third-order valence-corrected chi connectivity index (χ3v) is 6.18. The van der Waals surface area contributed by atoms with Crippen LogP contribution in [0.15, 0.2) is 47.4 Å². The van der Waals surface area contributed by atoms with Crippen molar-refractivity contribution in [2.24, 2.45) is 0 Å². The van der Waals surface area contributed by atoms with E-state index < -0.39 is 10.0 Å². The number of sulfonamides is 1. The summed E-state index contributed by atoms with van der Waals surface area (Å²) >= 11 is 0. The maximum atomic E-state index is 13.3. The Balaban J connectivity index is 1.73. The molecule has 1 atom stereocenters. The second-order valence-corrected chi connectivity index (χ2v) is 8.30. The summed E-state index contributed by atoms with van der Waals surface area (Å²) in [4.78, 5) is 1.74. The van der Waals surface area contributed by atoms with Crippen LogP contribution in [0.2, 0.25) is 0 Å². The lowest BCUT2D eigenvalue weighted by Crippen LogP contribution is -2.36. The number of nitrogens with one attached hydrogen (secondary N) is 2. The molecule has 1 heterocycles. The zero-order valence-electron chi connectivity index (χ0n) is 14.9. The van der Waals surface area contributed by atoms with Crippen LogP contribution < -0.4 is 10.0 Å². The number of nitriles is 1. The van der Waals surface area contributed by atoms with Crippen molar-refractivity contribution in [3.05, 3.63) is 59.4 Å². The summed E-state index contributed by atoms with van der Waals surface area (Å²) in [5.41, 5.74) is 2.03. The molecule has 8 heteroatoms. The van der Waals surface area contributed by atoms with Crippen molar-refractivity contribution in [1.29, 1.82) is 5.26 Å². The minimum absolute atomic E-state index is 0.196. The number of benzene rings is 2. The molecule has 0 aromatic heterocycles. The molecule has 1 saturated heterocycles. The third-order valence-electron chi connectivity index (χ3n) is 4.51. The lowest BCUT2D eigenvalue weighted by molar-refractivity contribution is 0.470. The highest BCUT2D eigenvalue weighted by Crippen LogP contribution is 2.22. The van der Waals surface area contributed by atoms with Crippen LogP contribution in [0.25, 0.3) is 0 Å².